The number of anilines is 2. The zero-order valence-electron chi connectivity index (χ0n) is 16.9. The van der Waals surface area contributed by atoms with Gasteiger partial charge in [0.25, 0.3) is 0 Å². The normalized spacial score (nSPS) is 18.1. The zero-order chi connectivity index (χ0) is 20.5. The number of carbonyl (C=O) groups is 2. The summed E-state index contributed by atoms with van der Waals surface area (Å²) in [4.78, 5) is 29.0. The molecule has 3 aromatic rings. The van der Waals surface area contributed by atoms with Crippen LogP contribution in [0.1, 0.15) is 30.7 Å². The molecular formula is C25H25N3O2. The molecule has 0 spiro atoms. The van der Waals surface area contributed by atoms with Gasteiger partial charge in [-0.1, -0.05) is 54.6 Å². The topological polar surface area (TPSA) is 52.7 Å². The molecule has 0 radical (unpaired) electrons. The van der Waals surface area contributed by atoms with Crippen LogP contribution in [0.4, 0.5) is 16.2 Å². The fourth-order valence-electron chi connectivity index (χ4n) is 4.70. The summed E-state index contributed by atoms with van der Waals surface area (Å²) < 4.78 is 0. The van der Waals surface area contributed by atoms with Crippen LogP contribution in [0.2, 0.25) is 0 Å². The first-order valence-corrected chi connectivity index (χ1v) is 10.6. The van der Waals surface area contributed by atoms with Gasteiger partial charge in [-0.2, -0.15) is 0 Å². The number of hydrogen-bond acceptors (Lipinski definition) is 2. The van der Waals surface area contributed by atoms with Gasteiger partial charge in [0.05, 0.1) is 5.69 Å². The molecule has 1 N–H and O–H groups in total. The Labute approximate surface area is 176 Å². The van der Waals surface area contributed by atoms with E-state index in [2.05, 4.69) is 11.4 Å². The summed E-state index contributed by atoms with van der Waals surface area (Å²) in [6.07, 6.45) is 2.50. The van der Waals surface area contributed by atoms with Gasteiger partial charge in [-0.15, -0.1) is 0 Å². The molecule has 2 aliphatic rings. The van der Waals surface area contributed by atoms with Gasteiger partial charge in [-0.25, -0.2) is 4.79 Å². The molecule has 0 aromatic heterocycles. The second kappa shape index (κ2) is 7.82. The van der Waals surface area contributed by atoms with Crippen LogP contribution in [-0.2, 0) is 4.79 Å². The summed E-state index contributed by atoms with van der Waals surface area (Å²) in [5, 5.41) is 5.25. The maximum absolute atomic E-state index is 13.2. The lowest BCUT2D eigenvalue weighted by Gasteiger charge is -2.20. The van der Waals surface area contributed by atoms with Gasteiger partial charge < -0.3 is 10.2 Å². The van der Waals surface area contributed by atoms with Crippen molar-refractivity contribution in [1.29, 1.82) is 0 Å². The molecule has 3 aromatic carbocycles. The highest BCUT2D eigenvalue weighted by molar-refractivity contribution is 6.08. The highest BCUT2D eigenvalue weighted by atomic mass is 16.2. The second-order valence-electron chi connectivity index (χ2n) is 8.10. The average molecular weight is 399 g/mol. The minimum atomic E-state index is -0.112. The maximum atomic E-state index is 13.2. The molecule has 5 rings (SSSR count). The molecule has 2 heterocycles. The van der Waals surface area contributed by atoms with Crippen LogP contribution >= 0.6 is 0 Å². The number of para-hydroxylation sites is 1. The van der Waals surface area contributed by atoms with Crippen molar-refractivity contribution in [3.05, 3.63) is 72.3 Å². The van der Waals surface area contributed by atoms with Gasteiger partial charge >= 0.3 is 6.03 Å². The summed E-state index contributed by atoms with van der Waals surface area (Å²) in [7, 11) is 0. The first kappa shape index (κ1) is 18.7. The van der Waals surface area contributed by atoms with Crippen molar-refractivity contribution in [2.24, 2.45) is 0 Å². The van der Waals surface area contributed by atoms with Crippen LogP contribution in [0.5, 0.6) is 0 Å². The van der Waals surface area contributed by atoms with Crippen LogP contribution < -0.4 is 10.2 Å². The Balaban J connectivity index is 1.35. The number of hydrogen-bond donors (Lipinski definition) is 1. The van der Waals surface area contributed by atoms with E-state index in [1.165, 1.54) is 5.56 Å². The Bertz CT molecular complexity index is 1110. The number of nitrogens with one attached hydrogen (secondary N) is 1. The van der Waals surface area contributed by atoms with Gasteiger partial charge in [-0.05, 0) is 35.9 Å². The van der Waals surface area contributed by atoms with Gasteiger partial charge in [0.1, 0.15) is 0 Å². The first-order chi connectivity index (χ1) is 14.7. The molecule has 0 bridgehead atoms. The molecule has 0 aliphatic carbocycles. The Morgan fingerprint density at radius 2 is 1.80 bits per heavy atom. The van der Waals surface area contributed by atoms with Crippen molar-refractivity contribution in [1.82, 2.24) is 4.90 Å². The largest absolute Gasteiger partial charge is 0.343 e. The van der Waals surface area contributed by atoms with E-state index in [1.807, 2.05) is 70.5 Å². The maximum Gasteiger partial charge on any atom is 0.326 e. The van der Waals surface area contributed by atoms with Gasteiger partial charge in [0.2, 0.25) is 5.91 Å². The van der Waals surface area contributed by atoms with Gasteiger partial charge in [0.15, 0.2) is 0 Å². The first-order valence-electron chi connectivity index (χ1n) is 10.6. The van der Waals surface area contributed by atoms with Gasteiger partial charge in [0, 0.05) is 43.0 Å². The van der Waals surface area contributed by atoms with Crippen molar-refractivity contribution in [3.63, 3.8) is 0 Å². The van der Waals surface area contributed by atoms with E-state index in [4.69, 9.17) is 0 Å². The van der Waals surface area contributed by atoms with Crippen molar-refractivity contribution < 1.29 is 9.59 Å². The Morgan fingerprint density at radius 3 is 2.67 bits per heavy atom. The lowest BCUT2D eigenvalue weighted by molar-refractivity contribution is -0.127. The minimum Gasteiger partial charge on any atom is -0.343 e. The summed E-state index contributed by atoms with van der Waals surface area (Å²) in [6, 6.07) is 22.0. The predicted octanol–water partition coefficient (Wildman–Crippen LogP) is 4.99. The van der Waals surface area contributed by atoms with Crippen LogP contribution in [0, 0.1) is 0 Å². The Morgan fingerprint density at radius 1 is 1.00 bits per heavy atom. The molecule has 1 unspecified atom stereocenters. The van der Waals surface area contributed by atoms with E-state index in [0.29, 0.717) is 13.0 Å². The molecular weight excluding hydrogens is 374 g/mol. The van der Waals surface area contributed by atoms with Crippen LogP contribution in [-0.4, -0.2) is 36.5 Å². The van der Waals surface area contributed by atoms with Crippen LogP contribution in [0.15, 0.2) is 66.7 Å². The molecule has 1 fully saturated rings. The van der Waals surface area contributed by atoms with E-state index in [-0.39, 0.29) is 17.9 Å². The van der Waals surface area contributed by atoms with Crippen molar-refractivity contribution in [3.8, 4) is 0 Å². The molecule has 3 amide bonds. The molecule has 5 heteroatoms. The van der Waals surface area contributed by atoms with E-state index in [1.54, 1.807) is 0 Å². The lowest BCUT2D eigenvalue weighted by Crippen LogP contribution is -2.34. The number of amides is 3. The Hall–Kier alpha value is -3.34. The summed E-state index contributed by atoms with van der Waals surface area (Å²) in [5.74, 6) is 0.500. The highest BCUT2D eigenvalue weighted by Gasteiger charge is 2.33. The molecule has 152 valence electrons. The number of carbonyl (C=O) groups excluding carboxylic acids is 2. The molecule has 5 nitrogen and oxygen atoms in total. The molecule has 1 saturated heterocycles. The number of fused-ring (bicyclic) bond motifs is 2. The summed E-state index contributed by atoms with van der Waals surface area (Å²) >= 11 is 0. The zero-order valence-corrected chi connectivity index (χ0v) is 16.9. The monoisotopic (exact) mass is 399 g/mol. The number of benzene rings is 3. The van der Waals surface area contributed by atoms with Crippen molar-refractivity contribution in [2.45, 2.75) is 25.2 Å². The molecule has 0 saturated carbocycles. The third kappa shape index (κ3) is 3.41. The minimum absolute atomic E-state index is 0.112. The van der Waals surface area contributed by atoms with Crippen LogP contribution in [0.3, 0.4) is 0 Å². The predicted molar refractivity (Wildman–Crippen MR) is 120 cm³/mol. The third-order valence-electron chi connectivity index (χ3n) is 6.27. The number of urea groups is 1. The number of nitrogens with zero attached hydrogens (tertiary/aromatic N) is 2. The highest BCUT2D eigenvalue weighted by Crippen LogP contribution is 2.38. The quantitative estimate of drug-likeness (QED) is 0.672. The SMILES string of the molecule is O=C1CCCN1CCC1CN(C(=O)Nc2cccc3ccccc23)c2ccccc21. The number of likely N-dealkylation sites (tertiary alicyclic amines) is 1. The standard InChI is InChI=1S/C25H25N3O2/c29-24-13-6-15-27(24)16-14-19-17-28(23-12-4-3-10-21(19)23)25(30)26-22-11-5-8-18-7-1-2-9-20(18)22/h1-5,7-12,19H,6,13-17H2,(H,26,30). The summed E-state index contributed by atoms with van der Waals surface area (Å²) in [5.41, 5.74) is 2.98. The molecule has 1 atom stereocenters. The third-order valence-corrected chi connectivity index (χ3v) is 6.27. The van der Waals surface area contributed by atoms with E-state index < -0.39 is 0 Å². The lowest BCUT2D eigenvalue weighted by atomic mass is 9.98. The van der Waals surface area contributed by atoms with Crippen molar-refractivity contribution in [2.75, 3.05) is 29.9 Å². The molecule has 2 aliphatic heterocycles. The van der Waals surface area contributed by atoms with E-state index in [9.17, 15) is 9.59 Å². The van der Waals surface area contributed by atoms with Crippen molar-refractivity contribution >= 4 is 34.1 Å². The number of rotatable bonds is 4. The fraction of sp³-hybridized carbons (Fsp3) is 0.280. The van der Waals surface area contributed by atoms with E-state index in [0.717, 1.165) is 48.1 Å². The summed E-state index contributed by atoms with van der Waals surface area (Å²) in [6.45, 7) is 2.26. The average Bonchev–Trinajstić information content (AvgIpc) is 3.36. The Kier molecular flexibility index (Phi) is 4.87. The second-order valence-corrected chi connectivity index (χ2v) is 8.10. The van der Waals surface area contributed by atoms with E-state index >= 15 is 0 Å². The van der Waals surface area contributed by atoms with Gasteiger partial charge in [-0.3, -0.25) is 9.69 Å². The molecule has 30 heavy (non-hydrogen) atoms. The van der Waals surface area contributed by atoms with Crippen LogP contribution in [0.25, 0.3) is 10.8 Å². The smallest absolute Gasteiger partial charge is 0.326 e. The fourth-order valence-corrected chi connectivity index (χ4v) is 4.70.